The van der Waals surface area contributed by atoms with Crippen molar-refractivity contribution in [1.82, 2.24) is 4.98 Å². The first-order valence-electron chi connectivity index (χ1n) is 10.5. The number of amides is 2. The fourth-order valence-electron chi connectivity index (χ4n) is 3.63. The highest BCUT2D eigenvalue weighted by Gasteiger charge is 2.20. The third-order valence-corrected chi connectivity index (χ3v) is 5.99. The van der Waals surface area contributed by atoms with Crippen LogP contribution in [-0.4, -0.2) is 23.3 Å². The zero-order valence-corrected chi connectivity index (χ0v) is 19.1. The van der Waals surface area contributed by atoms with Crippen molar-refractivity contribution in [2.45, 2.75) is 13.8 Å². The first kappa shape index (κ1) is 22.4. The number of fused-ring (bicyclic) bond motifs is 1. The summed E-state index contributed by atoms with van der Waals surface area (Å²) >= 11 is 1.20. The Morgan fingerprint density at radius 3 is 2.45 bits per heavy atom. The molecule has 0 aliphatic heterocycles. The molecule has 0 saturated carbocycles. The molecule has 0 fully saturated rings. The van der Waals surface area contributed by atoms with E-state index in [-0.39, 0.29) is 17.5 Å². The van der Waals surface area contributed by atoms with Gasteiger partial charge in [0.15, 0.2) is 5.13 Å². The largest absolute Gasteiger partial charge is 0.309 e. The van der Waals surface area contributed by atoms with Crippen LogP contribution in [0.1, 0.15) is 19.5 Å². The molecule has 0 bridgehead atoms. The fraction of sp³-hybridized carbons (Fsp3) is 0.115. The van der Waals surface area contributed by atoms with Crippen LogP contribution in [0.5, 0.6) is 0 Å². The maximum absolute atomic E-state index is 14.3. The molecular weight excluding hydrogens is 437 g/mol. The Bertz CT molecular complexity index is 1340. The molecule has 5 nitrogen and oxygen atoms in total. The monoisotopic (exact) mass is 459 g/mol. The van der Waals surface area contributed by atoms with Gasteiger partial charge in [-0.3, -0.25) is 14.5 Å². The number of halogens is 1. The van der Waals surface area contributed by atoms with Crippen molar-refractivity contribution in [1.29, 1.82) is 0 Å². The van der Waals surface area contributed by atoms with E-state index in [4.69, 9.17) is 0 Å². The van der Waals surface area contributed by atoms with E-state index < -0.39 is 5.82 Å². The predicted octanol–water partition coefficient (Wildman–Crippen LogP) is 6.19. The Kier molecular flexibility index (Phi) is 6.60. The molecule has 0 aliphatic carbocycles. The first-order chi connectivity index (χ1) is 16.0. The number of carbonyl (C=O) groups excluding carboxylic acids is 2. The first-order valence-corrected chi connectivity index (χ1v) is 11.4. The second-order valence-electron chi connectivity index (χ2n) is 7.27. The van der Waals surface area contributed by atoms with E-state index in [1.807, 2.05) is 49.4 Å². The second-order valence-corrected chi connectivity index (χ2v) is 8.11. The van der Waals surface area contributed by atoms with Crippen LogP contribution in [0, 0.1) is 5.82 Å². The standard InChI is InChI=1S/C26H22FN3O2S/c1-3-29(23-14-8-10-19-9-4-5-11-21(19)23)25(32)16-15-20-17-33-26(28-20)30(18(2)31)24-13-7-6-12-22(24)27/h4-17H,3H2,1-2H3/b16-15+. The lowest BCUT2D eigenvalue weighted by Gasteiger charge is -2.21. The number of likely N-dealkylation sites (N-methyl/N-ethyl adjacent to an activating group) is 1. The lowest BCUT2D eigenvalue weighted by molar-refractivity contribution is -0.116. The van der Waals surface area contributed by atoms with Crippen molar-refractivity contribution >= 4 is 56.5 Å². The molecule has 1 aromatic heterocycles. The van der Waals surface area contributed by atoms with Crippen molar-refractivity contribution in [2.75, 3.05) is 16.3 Å². The van der Waals surface area contributed by atoms with E-state index in [9.17, 15) is 14.0 Å². The number of para-hydroxylation sites is 1. The number of anilines is 3. The number of aromatic nitrogens is 1. The van der Waals surface area contributed by atoms with Gasteiger partial charge in [-0.15, -0.1) is 11.3 Å². The Balaban J connectivity index is 1.59. The Labute approximate surface area is 195 Å². The fourth-order valence-corrected chi connectivity index (χ4v) is 4.48. The molecule has 3 aromatic carbocycles. The minimum Gasteiger partial charge on any atom is -0.309 e. The van der Waals surface area contributed by atoms with Gasteiger partial charge < -0.3 is 4.90 Å². The van der Waals surface area contributed by atoms with Gasteiger partial charge in [-0.25, -0.2) is 9.37 Å². The molecule has 0 saturated heterocycles. The maximum Gasteiger partial charge on any atom is 0.251 e. The van der Waals surface area contributed by atoms with Crippen LogP contribution in [-0.2, 0) is 9.59 Å². The molecule has 4 rings (SSSR count). The van der Waals surface area contributed by atoms with Gasteiger partial charge in [0.25, 0.3) is 5.91 Å². The summed E-state index contributed by atoms with van der Waals surface area (Å²) < 4.78 is 14.3. The lowest BCUT2D eigenvalue weighted by atomic mass is 10.1. The van der Waals surface area contributed by atoms with Crippen LogP contribution >= 0.6 is 11.3 Å². The number of rotatable bonds is 6. The van der Waals surface area contributed by atoms with Crippen LogP contribution < -0.4 is 9.80 Å². The number of benzene rings is 3. The number of hydrogen-bond donors (Lipinski definition) is 0. The number of nitrogens with zero attached hydrogens (tertiary/aromatic N) is 3. The molecular formula is C26H22FN3O2S. The van der Waals surface area contributed by atoms with Gasteiger partial charge in [0.05, 0.1) is 17.1 Å². The summed E-state index contributed by atoms with van der Waals surface area (Å²) in [4.78, 5) is 32.6. The Morgan fingerprint density at radius 1 is 1.00 bits per heavy atom. The molecule has 33 heavy (non-hydrogen) atoms. The molecule has 0 N–H and O–H groups in total. The minimum atomic E-state index is -0.510. The van der Waals surface area contributed by atoms with E-state index in [2.05, 4.69) is 4.98 Å². The van der Waals surface area contributed by atoms with Crippen LogP contribution in [0.4, 0.5) is 20.9 Å². The van der Waals surface area contributed by atoms with Crippen molar-refractivity contribution in [3.8, 4) is 0 Å². The quantitative estimate of drug-likeness (QED) is 0.323. The van der Waals surface area contributed by atoms with Gasteiger partial charge in [-0.1, -0.05) is 48.5 Å². The van der Waals surface area contributed by atoms with E-state index in [0.717, 1.165) is 16.5 Å². The predicted molar refractivity (Wildman–Crippen MR) is 132 cm³/mol. The van der Waals surface area contributed by atoms with Crippen molar-refractivity contribution < 1.29 is 14.0 Å². The summed E-state index contributed by atoms with van der Waals surface area (Å²) in [6.45, 7) is 3.79. The molecule has 1 heterocycles. The molecule has 0 atom stereocenters. The molecule has 7 heteroatoms. The highest BCUT2D eigenvalue weighted by atomic mass is 32.1. The van der Waals surface area contributed by atoms with E-state index in [1.54, 1.807) is 28.5 Å². The normalized spacial score (nSPS) is 11.1. The lowest BCUT2D eigenvalue weighted by Crippen LogP contribution is -2.29. The van der Waals surface area contributed by atoms with Gasteiger partial charge in [0.2, 0.25) is 5.91 Å². The number of carbonyl (C=O) groups is 2. The summed E-state index contributed by atoms with van der Waals surface area (Å²) in [7, 11) is 0. The number of hydrogen-bond acceptors (Lipinski definition) is 4. The molecule has 0 radical (unpaired) electrons. The summed E-state index contributed by atoms with van der Waals surface area (Å²) in [5, 5.41) is 4.12. The van der Waals surface area contributed by atoms with Crippen LogP contribution in [0.2, 0.25) is 0 Å². The van der Waals surface area contributed by atoms with Crippen LogP contribution in [0.25, 0.3) is 16.8 Å². The Hall–Kier alpha value is -3.84. The van der Waals surface area contributed by atoms with Crippen molar-refractivity contribution in [3.05, 3.63) is 89.7 Å². The average molecular weight is 460 g/mol. The molecule has 0 aliphatic rings. The summed E-state index contributed by atoms with van der Waals surface area (Å²) in [5.74, 6) is -1.04. The minimum absolute atomic E-state index is 0.138. The van der Waals surface area contributed by atoms with E-state index >= 15 is 0 Å². The smallest absolute Gasteiger partial charge is 0.251 e. The molecule has 0 spiro atoms. The highest BCUT2D eigenvalue weighted by molar-refractivity contribution is 7.14. The molecule has 4 aromatic rings. The van der Waals surface area contributed by atoms with Crippen molar-refractivity contribution in [3.63, 3.8) is 0 Å². The van der Waals surface area contributed by atoms with Gasteiger partial charge in [-0.05, 0) is 36.6 Å². The van der Waals surface area contributed by atoms with Gasteiger partial charge in [-0.2, -0.15) is 0 Å². The van der Waals surface area contributed by atoms with Gasteiger partial charge >= 0.3 is 0 Å². The third kappa shape index (κ3) is 4.68. The highest BCUT2D eigenvalue weighted by Crippen LogP contribution is 2.31. The summed E-state index contributed by atoms with van der Waals surface area (Å²) in [5.41, 5.74) is 1.49. The third-order valence-electron chi connectivity index (χ3n) is 5.15. The van der Waals surface area contributed by atoms with Gasteiger partial charge in [0.1, 0.15) is 5.82 Å². The second kappa shape index (κ2) is 9.75. The summed E-state index contributed by atoms with van der Waals surface area (Å²) in [6, 6.07) is 19.9. The zero-order valence-electron chi connectivity index (χ0n) is 18.2. The number of thiazole rings is 1. The topological polar surface area (TPSA) is 53.5 Å². The molecule has 0 unspecified atom stereocenters. The van der Waals surface area contributed by atoms with Crippen molar-refractivity contribution in [2.24, 2.45) is 0 Å². The zero-order chi connectivity index (χ0) is 23.4. The maximum atomic E-state index is 14.3. The SMILES string of the molecule is CCN(C(=O)/C=C/c1csc(N(C(C)=O)c2ccccc2F)n1)c1cccc2ccccc12. The van der Waals surface area contributed by atoms with Gasteiger partial charge in [0, 0.05) is 30.3 Å². The van der Waals surface area contributed by atoms with Crippen LogP contribution in [0.3, 0.4) is 0 Å². The van der Waals surface area contributed by atoms with E-state index in [1.165, 1.54) is 41.4 Å². The molecule has 166 valence electrons. The molecule has 2 amide bonds. The average Bonchev–Trinajstić information content (AvgIpc) is 3.28. The summed E-state index contributed by atoms with van der Waals surface area (Å²) in [6.07, 6.45) is 3.07. The Morgan fingerprint density at radius 2 is 1.70 bits per heavy atom. The van der Waals surface area contributed by atoms with E-state index in [0.29, 0.717) is 17.4 Å². The van der Waals surface area contributed by atoms with Crippen LogP contribution in [0.15, 0.2) is 78.2 Å².